The average Bonchev–Trinajstić information content (AvgIpc) is 2.50. The van der Waals surface area contributed by atoms with Crippen LogP contribution in [0.4, 0.5) is 0 Å². The van der Waals surface area contributed by atoms with E-state index in [1.807, 2.05) is 39.8 Å². The van der Waals surface area contributed by atoms with Gasteiger partial charge >= 0.3 is 7.48 Å². The summed E-state index contributed by atoms with van der Waals surface area (Å²) in [5.74, 6) is 0.895. The molecule has 0 heterocycles. The second-order valence-corrected chi connectivity index (χ2v) is 8.92. The van der Waals surface area contributed by atoms with Crippen LogP contribution >= 0.6 is 11.9 Å². The third-order valence-corrected chi connectivity index (χ3v) is 5.80. The minimum absolute atomic E-state index is 0.0599. The van der Waals surface area contributed by atoms with E-state index in [1.165, 1.54) is 0 Å². The van der Waals surface area contributed by atoms with Gasteiger partial charge in [0.1, 0.15) is 5.76 Å². The molecule has 0 aliphatic heterocycles. The molecule has 3 N–H and O–H groups in total. The topological polar surface area (TPSA) is 71.0 Å². The first-order valence-corrected chi connectivity index (χ1v) is 9.13. The lowest BCUT2D eigenvalue weighted by Gasteiger charge is -2.38. The number of aliphatic hydroxyl groups is 2. The summed E-state index contributed by atoms with van der Waals surface area (Å²) in [6.45, 7) is 11.3. The Bertz CT molecular complexity index is 483. The van der Waals surface area contributed by atoms with Crippen LogP contribution < -0.4 is 4.72 Å². The fourth-order valence-electron chi connectivity index (χ4n) is 1.83. The summed E-state index contributed by atoms with van der Waals surface area (Å²) < 4.78 is 14.7. The highest BCUT2D eigenvalue weighted by atomic mass is 32.2. The molecule has 0 amide bonds. The molecule has 1 atom stereocenters. The molecule has 1 unspecified atom stereocenters. The number of methoxy groups -OCH3 is 1. The largest absolute Gasteiger partial charge is 0.500 e. The Morgan fingerprint density at radius 1 is 1.25 bits per heavy atom. The normalized spacial score (nSPS) is 19.6. The van der Waals surface area contributed by atoms with Crippen molar-refractivity contribution in [3.8, 4) is 0 Å². The molecule has 0 saturated heterocycles. The first kappa shape index (κ1) is 21.6. The van der Waals surface area contributed by atoms with Crippen molar-refractivity contribution in [2.45, 2.75) is 70.0 Å². The van der Waals surface area contributed by atoms with Crippen molar-refractivity contribution in [3.05, 3.63) is 23.4 Å². The molecule has 0 aromatic carbocycles. The van der Waals surface area contributed by atoms with E-state index >= 15 is 0 Å². The number of ether oxygens (including phenoxy) is 1. The van der Waals surface area contributed by atoms with Crippen molar-refractivity contribution < 1.29 is 19.6 Å². The van der Waals surface area contributed by atoms with Gasteiger partial charge in [0.15, 0.2) is 0 Å². The molecule has 24 heavy (non-hydrogen) atoms. The molecule has 138 valence electrons. The van der Waals surface area contributed by atoms with Gasteiger partial charge in [-0.1, -0.05) is 23.5 Å². The Morgan fingerprint density at radius 2 is 1.88 bits per heavy atom. The van der Waals surface area contributed by atoms with Crippen LogP contribution in [-0.4, -0.2) is 53.4 Å². The predicted molar refractivity (Wildman–Crippen MR) is 102 cm³/mol. The molecule has 1 aliphatic carbocycles. The van der Waals surface area contributed by atoms with Crippen LogP contribution in [0.15, 0.2) is 23.4 Å². The third kappa shape index (κ3) is 6.12. The maximum Gasteiger partial charge on any atom is 0.305 e. The lowest BCUT2D eigenvalue weighted by molar-refractivity contribution is -0.0897. The van der Waals surface area contributed by atoms with Crippen molar-refractivity contribution in [2.24, 2.45) is 0 Å². The van der Waals surface area contributed by atoms with Crippen LogP contribution in [0.3, 0.4) is 0 Å². The summed E-state index contributed by atoms with van der Waals surface area (Å²) in [6.07, 6.45) is 4.78. The summed E-state index contributed by atoms with van der Waals surface area (Å²) in [6, 6.07) is 0. The fraction of sp³-hybridized carbons (Fsp3) is 0.765. The summed E-state index contributed by atoms with van der Waals surface area (Å²) in [5, 5.41) is 19.7. The maximum atomic E-state index is 10.2. The second-order valence-electron chi connectivity index (χ2n) is 7.91. The zero-order valence-corrected chi connectivity index (χ0v) is 16.8. The first-order chi connectivity index (χ1) is 10.9. The van der Waals surface area contributed by atoms with Crippen LogP contribution in [0.5, 0.6) is 0 Å². The van der Waals surface area contributed by atoms with Gasteiger partial charge in [0, 0.05) is 5.54 Å². The monoisotopic (exact) mass is 357 g/mol. The molecule has 0 radical (unpaired) electrons. The molecule has 0 spiro atoms. The van der Waals surface area contributed by atoms with Crippen LogP contribution in [0.2, 0.25) is 0 Å². The van der Waals surface area contributed by atoms with Crippen molar-refractivity contribution in [2.75, 3.05) is 13.7 Å². The number of allylic oxidation sites excluding steroid dienone is 3. The summed E-state index contributed by atoms with van der Waals surface area (Å²) in [7, 11) is 2.13. The lowest BCUT2D eigenvalue weighted by atomic mass is 9.78. The Labute approximate surface area is 151 Å². The maximum absolute atomic E-state index is 10.2. The average molecular weight is 357 g/mol. The standard InChI is InChI=1S/C17H32BNO4S/c1-15(2,11-20)19-24-14-10-12(8-9-13(14)22-7)18-23-17(5,6)16(3,4)21/h8-9,14,18-21H,10-11H2,1-7H3. The van der Waals surface area contributed by atoms with E-state index in [9.17, 15) is 10.2 Å². The van der Waals surface area contributed by atoms with E-state index in [2.05, 4.69) is 4.72 Å². The molecular formula is C17H32BNO4S. The molecule has 0 aromatic heterocycles. The fourth-order valence-corrected chi connectivity index (χ4v) is 2.95. The van der Waals surface area contributed by atoms with Gasteiger partial charge in [0.25, 0.3) is 0 Å². The summed E-state index contributed by atoms with van der Waals surface area (Å²) in [4.78, 5) is 0. The van der Waals surface area contributed by atoms with E-state index < -0.39 is 11.2 Å². The van der Waals surface area contributed by atoms with Gasteiger partial charge in [-0.2, -0.15) is 0 Å². The van der Waals surface area contributed by atoms with Gasteiger partial charge in [0.2, 0.25) is 0 Å². The van der Waals surface area contributed by atoms with Crippen LogP contribution in [-0.2, 0) is 9.39 Å². The summed E-state index contributed by atoms with van der Waals surface area (Å²) >= 11 is 1.56. The smallest absolute Gasteiger partial charge is 0.305 e. The lowest BCUT2D eigenvalue weighted by Crippen LogP contribution is -2.48. The molecule has 1 aliphatic rings. The number of rotatable bonds is 9. The van der Waals surface area contributed by atoms with Gasteiger partial charge < -0.3 is 19.6 Å². The number of hydrogen-bond donors (Lipinski definition) is 3. The third-order valence-electron chi connectivity index (χ3n) is 4.45. The minimum Gasteiger partial charge on any atom is -0.500 e. The molecule has 7 heteroatoms. The molecule has 5 nitrogen and oxygen atoms in total. The number of aliphatic hydroxyl groups excluding tert-OH is 1. The molecule has 1 rings (SSSR count). The van der Waals surface area contributed by atoms with Gasteiger partial charge in [-0.05, 0) is 54.0 Å². The number of nitrogens with one attached hydrogen (secondary N) is 1. The van der Waals surface area contributed by atoms with Crippen molar-refractivity contribution in [1.82, 2.24) is 4.72 Å². The quantitative estimate of drug-likeness (QED) is 0.434. The van der Waals surface area contributed by atoms with Crippen molar-refractivity contribution in [1.29, 1.82) is 0 Å². The molecular weight excluding hydrogens is 325 g/mol. The van der Waals surface area contributed by atoms with Crippen LogP contribution in [0, 0.1) is 0 Å². The van der Waals surface area contributed by atoms with Crippen LogP contribution in [0.25, 0.3) is 0 Å². The predicted octanol–water partition coefficient (Wildman–Crippen LogP) is 2.10. The molecule has 0 bridgehead atoms. The summed E-state index contributed by atoms with van der Waals surface area (Å²) in [5.41, 5.74) is -0.770. The van der Waals surface area contributed by atoms with E-state index in [0.717, 1.165) is 17.7 Å². The Morgan fingerprint density at radius 3 is 2.38 bits per heavy atom. The Balaban J connectivity index is 2.69. The zero-order valence-electron chi connectivity index (χ0n) is 16.0. The minimum atomic E-state index is -0.920. The van der Waals surface area contributed by atoms with E-state index in [4.69, 9.17) is 9.39 Å². The highest BCUT2D eigenvalue weighted by molar-refractivity contribution is 7.98. The highest BCUT2D eigenvalue weighted by Crippen LogP contribution is 2.31. The Kier molecular flexibility index (Phi) is 7.44. The van der Waals surface area contributed by atoms with Gasteiger partial charge in [0.05, 0.1) is 30.2 Å². The van der Waals surface area contributed by atoms with E-state index in [0.29, 0.717) is 7.48 Å². The van der Waals surface area contributed by atoms with Gasteiger partial charge in [-0.3, -0.25) is 4.72 Å². The van der Waals surface area contributed by atoms with E-state index in [1.54, 1.807) is 32.9 Å². The molecule has 0 saturated carbocycles. The second kappa shape index (κ2) is 8.28. The number of hydrogen-bond acceptors (Lipinski definition) is 6. The van der Waals surface area contributed by atoms with E-state index in [-0.39, 0.29) is 17.4 Å². The van der Waals surface area contributed by atoms with Crippen molar-refractivity contribution in [3.63, 3.8) is 0 Å². The van der Waals surface area contributed by atoms with Gasteiger partial charge in [-0.15, -0.1) is 0 Å². The zero-order chi connectivity index (χ0) is 18.6. The molecule has 0 fully saturated rings. The first-order valence-electron chi connectivity index (χ1n) is 8.25. The highest BCUT2D eigenvalue weighted by Gasteiger charge is 2.36. The Hall–Kier alpha value is -0.465. The van der Waals surface area contributed by atoms with Gasteiger partial charge in [-0.25, -0.2) is 0 Å². The molecule has 0 aromatic rings. The SMILES string of the molecule is COC1=CC=C(BOC(C)(C)C(C)(C)O)CC1SNC(C)(C)CO. The van der Waals surface area contributed by atoms with Crippen LogP contribution in [0.1, 0.15) is 48.0 Å². The van der Waals surface area contributed by atoms with Crippen molar-refractivity contribution >= 4 is 19.4 Å².